The third-order valence-corrected chi connectivity index (χ3v) is 4.50. The third-order valence-electron chi connectivity index (χ3n) is 4.50. The van der Waals surface area contributed by atoms with Crippen LogP contribution in [0.5, 0.6) is 11.5 Å². The Kier molecular flexibility index (Phi) is 6.73. The maximum Gasteiger partial charge on any atom is 0.265 e. The Balaban J connectivity index is 1.44. The largest absolute Gasteiger partial charge is 0.497 e. The van der Waals surface area contributed by atoms with E-state index in [0.29, 0.717) is 19.6 Å². The zero-order chi connectivity index (χ0) is 19.8. The van der Waals surface area contributed by atoms with Crippen LogP contribution >= 0.6 is 0 Å². The number of carbonyl (C=O) groups excluding carboxylic acids is 1. The summed E-state index contributed by atoms with van der Waals surface area (Å²) in [4.78, 5) is 18.2. The highest BCUT2D eigenvalue weighted by Gasteiger charge is 2.24. The number of hydrogen-bond donors (Lipinski definition) is 2. The second kappa shape index (κ2) is 9.64. The van der Waals surface area contributed by atoms with Gasteiger partial charge in [0.15, 0.2) is 12.6 Å². The lowest BCUT2D eigenvalue weighted by Gasteiger charge is -2.29. The predicted octanol–water partition coefficient (Wildman–Crippen LogP) is 2.18. The first-order valence-corrected chi connectivity index (χ1v) is 9.31. The molecule has 0 spiro atoms. The van der Waals surface area contributed by atoms with Crippen LogP contribution in [0.15, 0.2) is 53.5 Å². The first-order chi connectivity index (χ1) is 13.7. The van der Waals surface area contributed by atoms with Crippen LogP contribution in [0.4, 0.5) is 5.69 Å². The van der Waals surface area contributed by atoms with Gasteiger partial charge in [-0.3, -0.25) is 9.79 Å². The number of rotatable bonds is 7. The molecule has 0 bridgehead atoms. The maximum atomic E-state index is 12.2. The molecule has 2 aromatic carbocycles. The van der Waals surface area contributed by atoms with Crippen LogP contribution in [0, 0.1) is 0 Å². The molecule has 7 heteroatoms. The summed E-state index contributed by atoms with van der Waals surface area (Å²) in [5, 5.41) is 6.57. The number of ether oxygens (including phenoxy) is 2. The average Bonchev–Trinajstić information content (AvgIpc) is 2.74. The summed E-state index contributed by atoms with van der Waals surface area (Å²) in [5.74, 6) is 2.31. The van der Waals surface area contributed by atoms with Gasteiger partial charge in [0.25, 0.3) is 5.91 Å². The first-order valence-electron chi connectivity index (χ1n) is 9.31. The molecule has 7 nitrogen and oxygen atoms in total. The molecule has 0 atom stereocenters. The van der Waals surface area contributed by atoms with Crippen molar-refractivity contribution in [2.75, 3.05) is 38.8 Å². The molecule has 2 N–H and O–H groups in total. The molecule has 0 radical (unpaired) electrons. The zero-order valence-electron chi connectivity index (χ0n) is 16.3. The second-order valence-electron chi connectivity index (χ2n) is 6.36. The van der Waals surface area contributed by atoms with Crippen LogP contribution < -0.4 is 25.0 Å². The van der Waals surface area contributed by atoms with E-state index in [2.05, 4.69) is 15.6 Å². The molecule has 0 aliphatic carbocycles. The molecule has 3 rings (SSSR count). The second-order valence-corrected chi connectivity index (χ2v) is 6.36. The molecule has 1 amide bonds. The van der Waals surface area contributed by atoms with E-state index in [9.17, 15) is 4.79 Å². The van der Waals surface area contributed by atoms with Gasteiger partial charge in [-0.05, 0) is 36.2 Å². The highest BCUT2D eigenvalue weighted by atomic mass is 16.5. The van der Waals surface area contributed by atoms with Crippen molar-refractivity contribution in [2.45, 2.75) is 13.0 Å². The van der Waals surface area contributed by atoms with E-state index in [1.807, 2.05) is 48.5 Å². The number of carbonyl (C=O) groups is 1. The summed E-state index contributed by atoms with van der Waals surface area (Å²) in [6.07, 6.45) is 0.795. The van der Waals surface area contributed by atoms with Crippen LogP contribution in [-0.4, -0.2) is 45.7 Å². The highest BCUT2D eigenvalue weighted by Crippen LogP contribution is 2.31. The molecule has 1 aliphatic heterocycles. The van der Waals surface area contributed by atoms with Gasteiger partial charge in [0.05, 0.1) is 12.8 Å². The molecule has 1 aliphatic rings. The van der Waals surface area contributed by atoms with Gasteiger partial charge >= 0.3 is 0 Å². The van der Waals surface area contributed by atoms with E-state index in [1.54, 1.807) is 19.1 Å². The fourth-order valence-electron chi connectivity index (χ4n) is 2.99. The van der Waals surface area contributed by atoms with Gasteiger partial charge in [-0.25, -0.2) is 0 Å². The van der Waals surface area contributed by atoms with E-state index < -0.39 is 0 Å². The zero-order valence-corrected chi connectivity index (χ0v) is 16.3. The fourth-order valence-corrected chi connectivity index (χ4v) is 2.99. The van der Waals surface area contributed by atoms with Gasteiger partial charge in [-0.15, -0.1) is 0 Å². The van der Waals surface area contributed by atoms with Gasteiger partial charge in [-0.1, -0.05) is 24.3 Å². The monoisotopic (exact) mass is 382 g/mol. The lowest BCUT2D eigenvalue weighted by molar-refractivity contribution is -0.121. The number of guanidine groups is 1. The Morgan fingerprint density at radius 3 is 2.71 bits per heavy atom. The highest BCUT2D eigenvalue weighted by molar-refractivity contribution is 5.97. The number of amides is 1. The van der Waals surface area contributed by atoms with Crippen molar-refractivity contribution in [3.8, 4) is 11.5 Å². The molecule has 28 heavy (non-hydrogen) atoms. The van der Waals surface area contributed by atoms with E-state index >= 15 is 0 Å². The molecular weight excluding hydrogens is 356 g/mol. The minimum atomic E-state index is -0.0132. The van der Waals surface area contributed by atoms with Crippen molar-refractivity contribution in [3.05, 3.63) is 54.1 Å². The summed E-state index contributed by atoms with van der Waals surface area (Å²) in [5.41, 5.74) is 1.97. The Labute approximate surface area is 165 Å². The number of fused-ring (bicyclic) bond motifs is 1. The molecule has 0 fully saturated rings. The standard InChI is InChI=1S/C21H26N4O3/c1-22-21(24-14-16-8-10-17(27-2)11-9-16)23-12-5-13-25-18-6-3-4-7-19(18)28-15-20(25)26/h3-4,6-11H,5,12-15H2,1-2H3,(H2,22,23,24). The number of hydrogen-bond acceptors (Lipinski definition) is 4. The number of aliphatic imine (C=N–C) groups is 1. The molecule has 0 saturated carbocycles. The van der Waals surface area contributed by atoms with Crippen LogP contribution in [0.2, 0.25) is 0 Å². The molecular formula is C21H26N4O3. The summed E-state index contributed by atoms with van der Waals surface area (Å²) < 4.78 is 10.6. The van der Waals surface area contributed by atoms with Crippen LogP contribution in [-0.2, 0) is 11.3 Å². The van der Waals surface area contributed by atoms with E-state index in [-0.39, 0.29) is 12.5 Å². The fraction of sp³-hybridized carbons (Fsp3) is 0.333. The maximum absolute atomic E-state index is 12.2. The SMILES string of the molecule is CN=C(NCCCN1C(=O)COc2ccccc21)NCc1ccc(OC)cc1. The Hall–Kier alpha value is -3.22. The van der Waals surface area contributed by atoms with E-state index in [0.717, 1.165) is 35.1 Å². The number of para-hydroxylation sites is 2. The summed E-state index contributed by atoms with van der Waals surface area (Å²) in [7, 11) is 3.40. The Morgan fingerprint density at radius 2 is 1.96 bits per heavy atom. The van der Waals surface area contributed by atoms with Gasteiger partial charge in [0, 0.05) is 26.7 Å². The van der Waals surface area contributed by atoms with Crippen molar-refractivity contribution >= 4 is 17.6 Å². The van der Waals surface area contributed by atoms with Crippen LogP contribution in [0.25, 0.3) is 0 Å². The summed E-state index contributed by atoms with van der Waals surface area (Å²) in [6.45, 7) is 2.09. The molecule has 1 heterocycles. The molecule has 0 aromatic heterocycles. The molecule has 148 valence electrons. The third kappa shape index (κ3) is 4.94. The van der Waals surface area contributed by atoms with Crippen molar-refractivity contribution < 1.29 is 14.3 Å². The van der Waals surface area contributed by atoms with Crippen LogP contribution in [0.3, 0.4) is 0 Å². The van der Waals surface area contributed by atoms with Crippen molar-refractivity contribution in [2.24, 2.45) is 4.99 Å². The van der Waals surface area contributed by atoms with Gasteiger partial charge in [-0.2, -0.15) is 0 Å². The molecule has 0 saturated heterocycles. The number of methoxy groups -OCH3 is 1. The number of benzene rings is 2. The minimum Gasteiger partial charge on any atom is -0.497 e. The number of nitrogens with zero attached hydrogens (tertiary/aromatic N) is 2. The van der Waals surface area contributed by atoms with Crippen molar-refractivity contribution in [1.82, 2.24) is 10.6 Å². The van der Waals surface area contributed by atoms with Gasteiger partial charge in [0.1, 0.15) is 11.5 Å². The Morgan fingerprint density at radius 1 is 1.18 bits per heavy atom. The average molecular weight is 382 g/mol. The quantitative estimate of drug-likeness (QED) is 0.436. The van der Waals surface area contributed by atoms with Crippen molar-refractivity contribution in [1.29, 1.82) is 0 Å². The first kappa shape index (κ1) is 19.5. The van der Waals surface area contributed by atoms with Gasteiger partial charge in [0.2, 0.25) is 0 Å². The molecule has 0 unspecified atom stereocenters. The number of anilines is 1. The lowest BCUT2D eigenvalue weighted by Crippen LogP contribution is -2.41. The summed E-state index contributed by atoms with van der Waals surface area (Å²) in [6, 6.07) is 15.5. The van der Waals surface area contributed by atoms with E-state index in [4.69, 9.17) is 9.47 Å². The molecule has 2 aromatic rings. The van der Waals surface area contributed by atoms with Crippen molar-refractivity contribution in [3.63, 3.8) is 0 Å². The Bertz CT molecular complexity index is 821. The predicted molar refractivity (Wildman–Crippen MR) is 110 cm³/mol. The smallest absolute Gasteiger partial charge is 0.265 e. The van der Waals surface area contributed by atoms with Gasteiger partial charge < -0.3 is 25.0 Å². The normalized spacial score (nSPS) is 13.6. The number of nitrogens with one attached hydrogen (secondary N) is 2. The van der Waals surface area contributed by atoms with E-state index in [1.165, 1.54) is 0 Å². The lowest BCUT2D eigenvalue weighted by atomic mass is 10.2. The van der Waals surface area contributed by atoms with Crippen LogP contribution in [0.1, 0.15) is 12.0 Å². The topological polar surface area (TPSA) is 75.2 Å². The summed E-state index contributed by atoms with van der Waals surface area (Å²) >= 11 is 0. The minimum absolute atomic E-state index is 0.0132.